The molecule has 1 aromatic carbocycles. The highest BCUT2D eigenvalue weighted by Crippen LogP contribution is 2.36. The van der Waals surface area contributed by atoms with Crippen molar-refractivity contribution >= 4 is 145 Å². The van der Waals surface area contributed by atoms with Gasteiger partial charge in [0.2, 0.25) is 5.88 Å². The molecule has 0 radical (unpaired) electrons. The quantitative estimate of drug-likeness (QED) is 0.0260. The Bertz CT molecular complexity index is 6890. The monoisotopic (exact) mass is 1870 g/mol. The number of anilines is 8. The third kappa shape index (κ3) is 23.6. The fourth-order valence-electron chi connectivity index (χ4n) is 16.3. The molecule has 2 unspecified atom stereocenters. The molecule has 17 heterocycles. The summed E-state index contributed by atoms with van der Waals surface area (Å²) in [5.41, 5.74) is 29.2. The number of pyridine rings is 9. The number of nitrogens with one attached hydrogen (secondary N) is 5. The number of carbonyl (C=O) groups is 5. The van der Waals surface area contributed by atoms with Crippen molar-refractivity contribution in [3.63, 3.8) is 0 Å². The molecule has 11 N–H and O–H groups in total. The minimum atomic E-state index is -2.04. The molecule has 0 spiro atoms. The van der Waals surface area contributed by atoms with Gasteiger partial charge in [0.1, 0.15) is 17.5 Å². The first-order valence-corrected chi connectivity index (χ1v) is 47.0. The van der Waals surface area contributed by atoms with E-state index in [9.17, 15) is 28.2 Å². The predicted octanol–water partition coefficient (Wildman–Crippen LogP) is 12.0. The molecule has 20 rings (SSSR count). The van der Waals surface area contributed by atoms with Crippen LogP contribution in [0.5, 0.6) is 29.4 Å². The van der Waals surface area contributed by atoms with Gasteiger partial charge < -0.3 is 76.9 Å². The fraction of sp³-hybridized carbons (Fsp3) is 0.347. The number of amides is 5. The topological polar surface area (TPSA) is 510 Å². The minimum absolute atomic E-state index is 0.144. The first kappa shape index (κ1) is 93.8. The van der Waals surface area contributed by atoms with E-state index in [1.165, 1.54) is 70.0 Å². The molecular weight excluding hydrogens is 1760 g/mol. The molecule has 2 atom stereocenters. The van der Waals surface area contributed by atoms with E-state index in [0.29, 0.717) is 176 Å². The van der Waals surface area contributed by atoms with Gasteiger partial charge in [-0.15, -0.1) is 25.5 Å². The third-order valence-corrected chi connectivity index (χ3v) is 25.7. The van der Waals surface area contributed by atoms with Crippen molar-refractivity contribution in [3.8, 4) is 29.4 Å². The Morgan fingerprint density at radius 2 is 0.691 bits per heavy atom. The van der Waals surface area contributed by atoms with Crippen molar-refractivity contribution < 1.29 is 61.3 Å². The molecular formula is C95H107N27O13S. The van der Waals surface area contributed by atoms with Crippen LogP contribution in [0.2, 0.25) is 0 Å². The van der Waals surface area contributed by atoms with Crippen molar-refractivity contribution in [2.24, 2.45) is 58.9 Å². The van der Waals surface area contributed by atoms with Crippen LogP contribution in [0.3, 0.4) is 0 Å². The number of hydrogen-bond acceptors (Lipinski definition) is 30. The highest BCUT2D eigenvalue weighted by molar-refractivity contribution is 8.00. The largest absolute Gasteiger partial charge is 0.475 e. The lowest BCUT2D eigenvalue weighted by Gasteiger charge is -2.21. The molecule has 40 nitrogen and oxygen atoms in total. The normalized spacial score (nSPS) is 16.2. The molecule has 136 heavy (non-hydrogen) atoms. The number of ether oxygens (including phenoxy) is 7. The smallest absolute Gasteiger partial charge is 0.276 e. The van der Waals surface area contributed by atoms with Crippen LogP contribution in [0.15, 0.2) is 171 Å². The second kappa shape index (κ2) is 43.5. The van der Waals surface area contributed by atoms with Gasteiger partial charge in [-0.05, 0) is 200 Å². The van der Waals surface area contributed by atoms with Gasteiger partial charge in [0, 0.05) is 104 Å². The van der Waals surface area contributed by atoms with Crippen LogP contribution in [-0.4, -0.2) is 204 Å². The minimum Gasteiger partial charge on any atom is -0.475 e. The second-order valence-electron chi connectivity index (χ2n) is 33.8. The Labute approximate surface area is 782 Å². The highest BCUT2D eigenvalue weighted by Gasteiger charge is 2.30. The zero-order chi connectivity index (χ0) is 94.8. The Morgan fingerprint density at radius 3 is 1.02 bits per heavy atom. The molecule has 2 aliphatic carbocycles. The number of aryl methyl sites for hydroxylation is 5. The maximum atomic E-state index is 12.4. The van der Waals surface area contributed by atoms with E-state index in [1.54, 1.807) is 153 Å². The van der Waals surface area contributed by atoms with Gasteiger partial charge in [0.05, 0.1) is 130 Å². The van der Waals surface area contributed by atoms with E-state index in [-0.39, 0.29) is 46.8 Å². The van der Waals surface area contributed by atoms with E-state index >= 15 is 0 Å². The van der Waals surface area contributed by atoms with Crippen LogP contribution in [0.25, 0.3) is 55.0 Å². The average Bonchev–Trinajstić information content (AvgIpc) is 1.68. The molecule has 2 saturated carbocycles. The SMILES string of the molecule is C=S1(=O)CCC(Oc2nn(C)c3cc(NC(=O)c4ncccc4N)ccc23)C1.Cn1nc(OCC2CCCC2)c2ncc(NC(=O)c3ccccn3)cc21.Cn1nc(OCC2CCCC2)c2ncc(NC(=O)c3ncccc3N)cc21.Cn1nc(OCC2CCOCC2)c2ncc(NC(=O)c3ccccn3)cc21.Cn1nc(OCC2CCOCC2)c2ncc(NC(=O)c3ncccc3N)cc21. The van der Waals surface area contributed by atoms with Gasteiger partial charge in [-0.25, -0.2) is 34.9 Å². The Morgan fingerprint density at radius 1 is 0.375 bits per heavy atom. The predicted molar refractivity (Wildman–Crippen MR) is 516 cm³/mol. The van der Waals surface area contributed by atoms with Gasteiger partial charge in [-0.2, -0.15) is 0 Å². The van der Waals surface area contributed by atoms with Gasteiger partial charge >= 0.3 is 0 Å². The number of hydrogen-bond donors (Lipinski definition) is 8. The molecule has 3 aliphatic heterocycles. The molecule has 0 bridgehead atoms. The summed E-state index contributed by atoms with van der Waals surface area (Å²) in [7, 11) is 7.08. The Balaban J connectivity index is 0.000000123. The van der Waals surface area contributed by atoms with Gasteiger partial charge in [-0.1, -0.05) is 37.8 Å². The van der Waals surface area contributed by atoms with Crippen LogP contribution in [-0.2, 0) is 54.2 Å². The molecule has 5 fully saturated rings. The third-order valence-electron chi connectivity index (χ3n) is 23.7. The number of nitrogens with zero attached hydrogens (tertiary/aromatic N) is 19. The average molecular weight is 1870 g/mol. The summed E-state index contributed by atoms with van der Waals surface area (Å²) in [4.78, 5) is 99.6. The van der Waals surface area contributed by atoms with E-state index < -0.39 is 15.4 Å². The number of fused-ring (bicyclic) bond motifs is 5. The highest BCUT2D eigenvalue weighted by atomic mass is 32.2. The Hall–Kier alpha value is -15.4. The van der Waals surface area contributed by atoms with Crippen LogP contribution < -0.4 is 67.5 Å². The van der Waals surface area contributed by atoms with Crippen LogP contribution in [0.1, 0.15) is 136 Å². The number of benzene rings is 1. The summed E-state index contributed by atoms with van der Waals surface area (Å²) in [5, 5.41) is 36.9. The van der Waals surface area contributed by atoms with E-state index in [4.69, 9.17) is 50.4 Å². The lowest BCUT2D eigenvalue weighted by atomic mass is 10.0. The molecule has 41 heteroatoms. The first-order chi connectivity index (χ1) is 66.0. The molecule has 14 aromatic heterocycles. The summed E-state index contributed by atoms with van der Waals surface area (Å²) in [6.07, 6.45) is 28.7. The number of rotatable bonds is 24. The lowest BCUT2D eigenvalue weighted by molar-refractivity contribution is 0.0491. The molecule has 5 aliphatic rings. The molecule has 15 aromatic rings. The standard InChI is InChI=1S/C19H22N6O3.C19H22N6O2.C19H21N5O3S.C19H21N5O3.C19H21N5O2/c1-25-15-9-13(23-18(26)16-14(20)3-2-6-21-16)10-22-17(15)19(24-25)28-11-12-4-7-27-8-5-12;1-25-15-9-13(23-18(26)16-14(20)7-4-8-21-16)10-22-17(15)19(24-25)27-11-12-5-2-3-6-12;1-24-16-10-12(22-18(25)17-15(20)4-3-8-21-17)5-6-14(16)19(23-24)27-13-7-9-28(2,26)11-13;1-24-16-10-14(22-18(25)15-4-2-3-7-20-15)11-21-17(16)19(23-24)27-12-13-5-8-26-9-6-13;1-24-16-10-14(22-18(25)15-8-4-5-9-20-15)11-21-17(16)19(23-24)26-12-13-6-2-3-7-13/h2-3,6,9-10,12H,4-5,7-8,11,20H2,1H3,(H,23,26);4,7-10,12H,2-3,5-6,11,20H2,1H3,(H,23,26);3-6,8,10,13H,2,7,9,11,20H2,1H3,(H,22,25);2-4,7,10-11,13H,5-6,8-9,12H2,1H3,(H,22,25);4-5,8-11,13H,2-3,6-7,12H2,1H3,(H,22,25). The van der Waals surface area contributed by atoms with Crippen molar-refractivity contribution in [2.75, 3.05) is 108 Å². The number of nitrogen functional groups attached to an aromatic ring is 3. The van der Waals surface area contributed by atoms with Crippen LogP contribution in [0, 0.1) is 23.7 Å². The summed E-state index contributed by atoms with van der Waals surface area (Å²) in [5.74, 6) is 7.84. The van der Waals surface area contributed by atoms with E-state index in [2.05, 4.69) is 103 Å². The van der Waals surface area contributed by atoms with Gasteiger partial charge in [0.15, 0.2) is 39.1 Å². The zero-order valence-corrected chi connectivity index (χ0v) is 76.8. The fourth-order valence-corrected chi connectivity index (χ4v) is 18.1. The molecule has 706 valence electrons. The summed E-state index contributed by atoms with van der Waals surface area (Å²) < 4.78 is 61.0. The van der Waals surface area contributed by atoms with Gasteiger partial charge in [0.25, 0.3) is 53.1 Å². The maximum Gasteiger partial charge on any atom is 0.276 e. The van der Waals surface area contributed by atoms with Crippen LogP contribution >= 0.6 is 0 Å². The molecule has 3 saturated heterocycles. The first-order valence-electron chi connectivity index (χ1n) is 44.9. The number of nitrogens with two attached hydrogens (primary N) is 3. The van der Waals surface area contributed by atoms with E-state index in [1.807, 2.05) is 58.5 Å². The van der Waals surface area contributed by atoms with Crippen molar-refractivity contribution in [1.82, 2.24) is 93.8 Å². The van der Waals surface area contributed by atoms with E-state index in [0.717, 1.165) is 85.1 Å². The summed E-state index contributed by atoms with van der Waals surface area (Å²) in [6, 6.07) is 33.1. The number of carbonyl (C=O) groups excluding carboxylic acids is 5. The van der Waals surface area contributed by atoms with Crippen molar-refractivity contribution in [3.05, 3.63) is 200 Å². The van der Waals surface area contributed by atoms with Crippen molar-refractivity contribution in [1.29, 1.82) is 0 Å². The summed E-state index contributed by atoms with van der Waals surface area (Å²) >= 11 is 0. The Kier molecular flexibility index (Phi) is 30.0. The maximum absolute atomic E-state index is 12.4. The zero-order valence-electron chi connectivity index (χ0n) is 76.0. The molecule has 5 amide bonds. The van der Waals surface area contributed by atoms with Gasteiger partial charge in [-0.3, -0.25) is 61.6 Å². The summed E-state index contributed by atoms with van der Waals surface area (Å²) in [6.45, 7) is 5.68. The number of aromatic nitrogens is 19. The van der Waals surface area contributed by atoms with Crippen molar-refractivity contribution in [2.45, 2.75) is 89.6 Å². The van der Waals surface area contributed by atoms with Crippen LogP contribution in [0.4, 0.5) is 45.5 Å². The lowest BCUT2D eigenvalue weighted by Crippen LogP contribution is -2.21. The second-order valence-corrected chi connectivity index (χ2v) is 36.5.